The zero-order chi connectivity index (χ0) is 18.4. The Morgan fingerprint density at radius 1 is 1.32 bits per heavy atom. The molecule has 0 aromatic rings. The molecule has 2 rings (SSSR count). The highest BCUT2D eigenvalue weighted by molar-refractivity contribution is 5.88. The van der Waals surface area contributed by atoms with Crippen molar-refractivity contribution in [1.82, 2.24) is 0 Å². The van der Waals surface area contributed by atoms with Gasteiger partial charge in [-0.2, -0.15) is 0 Å². The van der Waals surface area contributed by atoms with Crippen molar-refractivity contribution in [3.63, 3.8) is 0 Å². The number of ether oxygens (including phenoxy) is 2. The van der Waals surface area contributed by atoms with Gasteiger partial charge in [0.15, 0.2) is 0 Å². The predicted octanol–water partition coefficient (Wildman–Crippen LogP) is 5.52. The van der Waals surface area contributed by atoms with Gasteiger partial charge in [-0.25, -0.2) is 4.79 Å². The maximum absolute atomic E-state index is 12.3. The van der Waals surface area contributed by atoms with Crippen LogP contribution in [0.15, 0.2) is 34.9 Å². The lowest BCUT2D eigenvalue weighted by Gasteiger charge is -2.14. The van der Waals surface area contributed by atoms with Gasteiger partial charge in [0.1, 0.15) is 0 Å². The summed E-state index contributed by atoms with van der Waals surface area (Å²) in [6.45, 7) is 11.1. The second-order valence-electron chi connectivity index (χ2n) is 7.86. The van der Waals surface area contributed by atoms with E-state index >= 15 is 0 Å². The van der Waals surface area contributed by atoms with Crippen LogP contribution in [0.1, 0.15) is 73.1 Å². The normalized spacial score (nSPS) is 34.5. The molecule has 3 heteroatoms. The summed E-state index contributed by atoms with van der Waals surface area (Å²) in [4.78, 5) is 12.3. The summed E-state index contributed by atoms with van der Waals surface area (Å²) in [5, 5.41) is 0. The number of epoxide rings is 1. The van der Waals surface area contributed by atoms with Gasteiger partial charge in [-0.05, 0) is 65.2 Å². The number of fused-ring (bicyclic) bond motifs is 1. The summed E-state index contributed by atoms with van der Waals surface area (Å²) in [5.74, 6) is 0.318. The lowest BCUT2D eigenvalue weighted by atomic mass is 9.92. The topological polar surface area (TPSA) is 38.8 Å². The van der Waals surface area contributed by atoms with Gasteiger partial charge in [-0.15, -0.1) is 0 Å². The minimum Gasteiger partial charge on any atom is -0.463 e. The smallest absolute Gasteiger partial charge is 0.333 e. The quantitative estimate of drug-likeness (QED) is 0.499. The van der Waals surface area contributed by atoms with Crippen molar-refractivity contribution in [2.45, 2.75) is 84.8 Å². The Morgan fingerprint density at radius 2 is 2.08 bits per heavy atom. The van der Waals surface area contributed by atoms with Gasteiger partial charge in [-0.3, -0.25) is 0 Å². The van der Waals surface area contributed by atoms with Crippen molar-refractivity contribution in [2.75, 3.05) is 6.61 Å². The Hall–Kier alpha value is -1.35. The van der Waals surface area contributed by atoms with Crippen LogP contribution in [0, 0.1) is 5.92 Å². The number of hydrogen-bond acceptors (Lipinski definition) is 3. The van der Waals surface area contributed by atoms with E-state index in [-0.39, 0.29) is 11.6 Å². The third kappa shape index (κ3) is 5.85. The van der Waals surface area contributed by atoms with E-state index in [1.807, 2.05) is 6.92 Å². The molecule has 1 saturated heterocycles. The maximum Gasteiger partial charge on any atom is 0.333 e. The molecular weight excluding hydrogens is 312 g/mol. The van der Waals surface area contributed by atoms with Crippen LogP contribution < -0.4 is 0 Å². The Balaban J connectivity index is 2.20. The Morgan fingerprint density at radius 3 is 2.76 bits per heavy atom. The van der Waals surface area contributed by atoms with Gasteiger partial charge in [0.2, 0.25) is 0 Å². The molecule has 1 heterocycles. The molecule has 0 saturated carbocycles. The maximum atomic E-state index is 12.3. The highest BCUT2D eigenvalue weighted by atomic mass is 16.6. The standard InChI is InChI=1S/C22H34O3/c1-6-24-21(23)19-8-7-15-22(5)20(25-22)14-10-17(4)9-11-18(12-13-19)16(2)3/h8-9,11,16,20H,6-7,10,12-15H2,1-5H3/b17-9+,18-11-,19-8-/t20-,22+/m1/s1. The summed E-state index contributed by atoms with van der Waals surface area (Å²) >= 11 is 0. The van der Waals surface area contributed by atoms with E-state index in [1.165, 1.54) is 11.1 Å². The number of rotatable bonds is 3. The van der Waals surface area contributed by atoms with Gasteiger partial charge in [0.05, 0.1) is 18.3 Å². The summed E-state index contributed by atoms with van der Waals surface area (Å²) in [7, 11) is 0. The first-order valence-corrected chi connectivity index (χ1v) is 9.76. The Kier molecular flexibility index (Phi) is 7.06. The second-order valence-corrected chi connectivity index (χ2v) is 7.86. The molecule has 0 radical (unpaired) electrons. The van der Waals surface area contributed by atoms with E-state index in [9.17, 15) is 4.79 Å². The molecule has 0 aromatic heterocycles. The highest BCUT2D eigenvalue weighted by Gasteiger charge is 2.50. The molecule has 1 fully saturated rings. The molecular formula is C22H34O3. The van der Waals surface area contributed by atoms with Gasteiger partial charge in [0, 0.05) is 5.57 Å². The van der Waals surface area contributed by atoms with E-state index < -0.39 is 0 Å². The van der Waals surface area contributed by atoms with E-state index in [0.29, 0.717) is 18.6 Å². The molecule has 25 heavy (non-hydrogen) atoms. The molecule has 0 bridgehead atoms. The van der Waals surface area contributed by atoms with Crippen LogP contribution in [0.3, 0.4) is 0 Å². The van der Waals surface area contributed by atoms with E-state index in [1.54, 1.807) is 0 Å². The fourth-order valence-electron chi connectivity index (χ4n) is 3.45. The Bertz CT molecular complexity index is 568. The third-order valence-corrected chi connectivity index (χ3v) is 5.41. The molecule has 1 aliphatic carbocycles. The molecule has 1 aliphatic heterocycles. The SMILES string of the molecule is CCOC(=O)/C1=C\CC[C@]2(C)O[C@@H]2CC/C(C)=C/C=C(\C(C)C)CC1. The summed E-state index contributed by atoms with van der Waals surface area (Å²) in [5.41, 5.74) is 3.58. The van der Waals surface area contributed by atoms with Gasteiger partial charge < -0.3 is 9.47 Å². The molecule has 140 valence electrons. The molecule has 0 unspecified atom stereocenters. The molecule has 0 aromatic carbocycles. The fourth-order valence-corrected chi connectivity index (χ4v) is 3.45. The summed E-state index contributed by atoms with van der Waals surface area (Å²) < 4.78 is 11.2. The molecule has 0 spiro atoms. The minimum atomic E-state index is -0.164. The highest BCUT2D eigenvalue weighted by Crippen LogP contribution is 2.43. The van der Waals surface area contributed by atoms with Crippen molar-refractivity contribution in [2.24, 2.45) is 5.92 Å². The third-order valence-electron chi connectivity index (χ3n) is 5.41. The lowest BCUT2D eigenvalue weighted by Crippen LogP contribution is -2.11. The fraction of sp³-hybridized carbons (Fsp3) is 0.682. The van der Waals surface area contributed by atoms with Crippen LogP contribution in [0.25, 0.3) is 0 Å². The number of carbonyl (C=O) groups excluding carboxylic acids is 1. The minimum absolute atomic E-state index is 0.0143. The van der Waals surface area contributed by atoms with Crippen molar-refractivity contribution in [3.05, 3.63) is 34.9 Å². The van der Waals surface area contributed by atoms with E-state index in [4.69, 9.17) is 9.47 Å². The largest absolute Gasteiger partial charge is 0.463 e. The number of allylic oxidation sites excluding steroid dienone is 5. The summed E-state index contributed by atoms with van der Waals surface area (Å²) in [6.07, 6.45) is 12.6. The molecule has 3 nitrogen and oxygen atoms in total. The Labute approximate surface area is 153 Å². The van der Waals surface area contributed by atoms with Crippen molar-refractivity contribution in [3.8, 4) is 0 Å². The molecule has 0 amide bonds. The average molecular weight is 347 g/mol. The van der Waals surface area contributed by atoms with Crippen LogP contribution in [0.4, 0.5) is 0 Å². The molecule has 2 aliphatic rings. The summed E-state index contributed by atoms with van der Waals surface area (Å²) in [6, 6.07) is 0. The second kappa shape index (κ2) is 8.84. The molecule has 0 N–H and O–H groups in total. The van der Waals surface area contributed by atoms with E-state index in [2.05, 4.69) is 45.9 Å². The van der Waals surface area contributed by atoms with Crippen molar-refractivity contribution < 1.29 is 14.3 Å². The molecule has 2 atom stereocenters. The van der Waals surface area contributed by atoms with Gasteiger partial charge in [0.25, 0.3) is 0 Å². The van der Waals surface area contributed by atoms with Crippen LogP contribution in [0.2, 0.25) is 0 Å². The monoisotopic (exact) mass is 346 g/mol. The van der Waals surface area contributed by atoms with E-state index in [0.717, 1.165) is 44.1 Å². The number of hydrogen-bond donors (Lipinski definition) is 0. The average Bonchev–Trinajstić information content (AvgIpc) is 3.20. The van der Waals surface area contributed by atoms with Crippen molar-refractivity contribution >= 4 is 5.97 Å². The van der Waals surface area contributed by atoms with Gasteiger partial charge in [-0.1, -0.05) is 43.2 Å². The lowest BCUT2D eigenvalue weighted by molar-refractivity contribution is -0.138. The van der Waals surface area contributed by atoms with Crippen LogP contribution in [-0.2, 0) is 14.3 Å². The zero-order valence-corrected chi connectivity index (χ0v) is 16.6. The van der Waals surface area contributed by atoms with Crippen LogP contribution in [0.5, 0.6) is 0 Å². The number of carbonyl (C=O) groups is 1. The first-order valence-electron chi connectivity index (χ1n) is 9.76. The zero-order valence-electron chi connectivity index (χ0n) is 16.6. The number of esters is 1. The first-order chi connectivity index (χ1) is 11.9. The van der Waals surface area contributed by atoms with Gasteiger partial charge >= 0.3 is 5.97 Å². The predicted molar refractivity (Wildman–Crippen MR) is 102 cm³/mol. The first kappa shape index (κ1) is 20.0. The van der Waals surface area contributed by atoms with Crippen LogP contribution in [-0.4, -0.2) is 24.3 Å². The van der Waals surface area contributed by atoms with Crippen molar-refractivity contribution in [1.29, 1.82) is 0 Å². The van der Waals surface area contributed by atoms with Crippen LogP contribution >= 0.6 is 0 Å².